The highest BCUT2D eigenvalue weighted by Crippen LogP contribution is 2.30. The van der Waals surface area contributed by atoms with Crippen molar-refractivity contribution >= 4 is 5.91 Å². The van der Waals surface area contributed by atoms with Crippen molar-refractivity contribution in [1.82, 2.24) is 5.32 Å². The number of carbonyl (C=O) groups excluding carboxylic acids is 1. The van der Waals surface area contributed by atoms with Crippen molar-refractivity contribution in [2.45, 2.75) is 25.9 Å². The molecule has 5 heteroatoms. The number of hydrogen-bond acceptors (Lipinski definition) is 4. The zero-order valence-electron chi connectivity index (χ0n) is 14.4. The Hall–Kier alpha value is -2.69. The van der Waals surface area contributed by atoms with E-state index in [1.165, 1.54) is 5.56 Å². The van der Waals surface area contributed by atoms with E-state index < -0.39 is 0 Å². The SMILES string of the molecule is Cc1ccc(OCCCC(=O)NC[C@@H]2COc3ccccc3O2)cc1. The number of nitrogens with one attached hydrogen (secondary N) is 1. The van der Waals surface area contributed by atoms with E-state index in [1.54, 1.807) is 0 Å². The second-order valence-electron chi connectivity index (χ2n) is 6.07. The molecule has 5 nitrogen and oxygen atoms in total. The van der Waals surface area contributed by atoms with Gasteiger partial charge in [0.1, 0.15) is 18.5 Å². The molecule has 2 aromatic rings. The molecular formula is C20H23NO4. The maximum Gasteiger partial charge on any atom is 0.220 e. The summed E-state index contributed by atoms with van der Waals surface area (Å²) < 4.78 is 17.1. The number of rotatable bonds is 7. The van der Waals surface area contributed by atoms with Gasteiger partial charge in [0.15, 0.2) is 11.5 Å². The van der Waals surface area contributed by atoms with Crippen molar-refractivity contribution in [1.29, 1.82) is 0 Å². The van der Waals surface area contributed by atoms with Gasteiger partial charge in [-0.3, -0.25) is 4.79 Å². The first-order valence-corrected chi connectivity index (χ1v) is 8.55. The fourth-order valence-corrected chi connectivity index (χ4v) is 2.54. The van der Waals surface area contributed by atoms with Gasteiger partial charge in [-0.1, -0.05) is 29.8 Å². The van der Waals surface area contributed by atoms with E-state index in [9.17, 15) is 4.79 Å². The van der Waals surface area contributed by atoms with Gasteiger partial charge in [0, 0.05) is 6.42 Å². The smallest absolute Gasteiger partial charge is 0.220 e. The highest BCUT2D eigenvalue weighted by molar-refractivity contribution is 5.75. The molecule has 0 aliphatic carbocycles. The van der Waals surface area contributed by atoms with Crippen LogP contribution in [0.2, 0.25) is 0 Å². The maximum atomic E-state index is 11.9. The summed E-state index contributed by atoms with van der Waals surface area (Å²) in [5, 5.41) is 2.89. The van der Waals surface area contributed by atoms with E-state index in [1.807, 2.05) is 55.5 Å². The summed E-state index contributed by atoms with van der Waals surface area (Å²) in [4.78, 5) is 11.9. The quantitative estimate of drug-likeness (QED) is 0.786. The number of carbonyl (C=O) groups is 1. The maximum absolute atomic E-state index is 11.9. The van der Waals surface area contributed by atoms with Gasteiger partial charge in [-0.15, -0.1) is 0 Å². The molecule has 1 N–H and O–H groups in total. The van der Waals surface area contributed by atoms with E-state index >= 15 is 0 Å². The van der Waals surface area contributed by atoms with Gasteiger partial charge in [0.2, 0.25) is 5.91 Å². The summed E-state index contributed by atoms with van der Waals surface area (Å²) in [6, 6.07) is 15.4. The molecule has 132 valence electrons. The van der Waals surface area contributed by atoms with Gasteiger partial charge in [-0.25, -0.2) is 0 Å². The van der Waals surface area contributed by atoms with Gasteiger partial charge >= 0.3 is 0 Å². The molecule has 1 atom stereocenters. The standard InChI is InChI=1S/C20H23NO4/c1-15-8-10-16(11-9-15)23-12-4-7-20(22)21-13-17-14-24-18-5-2-3-6-19(18)25-17/h2-3,5-6,8-11,17H,4,7,12-14H2,1H3,(H,21,22)/t17-/m1/s1. The number of amides is 1. The van der Waals surface area contributed by atoms with Crippen LogP contribution in [0.25, 0.3) is 0 Å². The van der Waals surface area contributed by atoms with Crippen molar-refractivity contribution < 1.29 is 19.0 Å². The Balaban J connectivity index is 1.31. The van der Waals surface area contributed by atoms with Gasteiger partial charge in [-0.05, 0) is 37.6 Å². The molecular weight excluding hydrogens is 318 g/mol. The highest BCUT2D eigenvalue weighted by Gasteiger charge is 2.20. The van der Waals surface area contributed by atoms with E-state index in [0.29, 0.717) is 32.6 Å². The van der Waals surface area contributed by atoms with E-state index in [2.05, 4.69) is 5.32 Å². The second kappa shape index (κ2) is 8.42. The predicted octanol–water partition coefficient (Wildman–Crippen LogP) is 3.11. The predicted molar refractivity (Wildman–Crippen MR) is 95.3 cm³/mol. The largest absolute Gasteiger partial charge is 0.494 e. The lowest BCUT2D eigenvalue weighted by atomic mass is 10.2. The van der Waals surface area contributed by atoms with Crippen molar-refractivity contribution in [3.63, 3.8) is 0 Å². The van der Waals surface area contributed by atoms with Crippen LogP contribution in [-0.4, -0.2) is 31.8 Å². The number of aryl methyl sites for hydroxylation is 1. The Morgan fingerprint density at radius 3 is 2.72 bits per heavy atom. The molecule has 0 saturated heterocycles. The Morgan fingerprint density at radius 1 is 1.16 bits per heavy atom. The lowest BCUT2D eigenvalue weighted by Gasteiger charge is -2.26. The molecule has 25 heavy (non-hydrogen) atoms. The molecule has 0 unspecified atom stereocenters. The normalized spacial score (nSPS) is 15.5. The lowest BCUT2D eigenvalue weighted by molar-refractivity contribution is -0.121. The summed E-state index contributed by atoms with van der Waals surface area (Å²) >= 11 is 0. The fraction of sp³-hybridized carbons (Fsp3) is 0.350. The third-order valence-corrected chi connectivity index (χ3v) is 3.93. The van der Waals surface area contributed by atoms with Crippen LogP contribution in [0.15, 0.2) is 48.5 Å². The van der Waals surface area contributed by atoms with Crippen LogP contribution in [0.1, 0.15) is 18.4 Å². The fourth-order valence-electron chi connectivity index (χ4n) is 2.54. The van der Waals surface area contributed by atoms with Crippen LogP contribution in [0.3, 0.4) is 0 Å². The van der Waals surface area contributed by atoms with Crippen molar-refractivity contribution in [2.75, 3.05) is 19.8 Å². The molecule has 0 fully saturated rings. The summed E-state index contributed by atoms with van der Waals surface area (Å²) in [5.74, 6) is 2.30. The van der Waals surface area contributed by atoms with Crippen LogP contribution in [-0.2, 0) is 4.79 Å². The summed E-state index contributed by atoms with van der Waals surface area (Å²) in [6.07, 6.45) is 0.934. The molecule has 0 aromatic heterocycles. The average Bonchev–Trinajstić information content (AvgIpc) is 2.65. The Kier molecular flexibility index (Phi) is 5.77. The topological polar surface area (TPSA) is 56.8 Å². The molecule has 0 radical (unpaired) electrons. The first kappa shape index (κ1) is 17.1. The molecule has 0 spiro atoms. The third kappa shape index (κ3) is 5.14. The van der Waals surface area contributed by atoms with Crippen LogP contribution in [0.5, 0.6) is 17.2 Å². The Morgan fingerprint density at radius 2 is 1.92 bits per heavy atom. The van der Waals surface area contributed by atoms with Crippen molar-refractivity contribution in [2.24, 2.45) is 0 Å². The zero-order chi connectivity index (χ0) is 17.5. The summed E-state index contributed by atoms with van der Waals surface area (Å²) in [7, 11) is 0. The zero-order valence-corrected chi connectivity index (χ0v) is 14.4. The molecule has 1 aliphatic heterocycles. The number of benzene rings is 2. The van der Waals surface area contributed by atoms with E-state index in [0.717, 1.165) is 17.2 Å². The minimum atomic E-state index is -0.164. The first-order valence-electron chi connectivity index (χ1n) is 8.55. The number of para-hydroxylation sites is 2. The first-order chi connectivity index (χ1) is 12.2. The average molecular weight is 341 g/mol. The molecule has 0 bridgehead atoms. The molecule has 1 amide bonds. The van der Waals surface area contributed by atoms with Crippen LogP contribution in [0.4, 0.5) is 0 Å². The molecule has 3 rings (SSSR count). The van der Waals surface area contributed by atoms with Crippen molar-refractivity contribution in [3.05, 3.63) is 54.1 Å². The minimum Gasteiger partial charge on any atom is -0.494 e. The van der Waals surface area contributed by atoms with Gasteiger partial charge < -0.3 is 19.5 Å². The number of ether oxygens (including phenoxy) is 3. The van der Waals surface area contributed by atoms with Crippen LogP contribution >= 0.6 is 0 Å². The van der Waals surface area contributed by atoms with Gasteiger partial charge in [0.25, 0.3) is 0 Å². The van der Waals surface area contributed by atoms with Crippen LogP contribution < -0.4 is 19.5 Å². The van der Waals surface area contributed by atoms with E-state index in [-0.39, 0.29) is 12.0 Å². The van der Waals surface area contributed by atoms with Gasteiger partial charge in [-0.2, -0.15) is 0 Å². The second-order valence-corrected chi connectivity index (χ2v) is 6.07. The Bertz CT molecular complexity index is 699. The highest BCUT2D eigenvalue weighted by atomic mass is 16.6. The molecule has 1 heterocycles. The molecule has 0 saturated carbocycles. The summed E-state index contributed by atoms with van der Waals surface area (Å²) in [6.45, 7) is 3.43. The minimum absolute atomic E-state index is 0.00466. The molecule has 1 aliphatic rings. The molecule has 2 aromatic carbocycles. The van der Waals surface area contributed by atoms with Crippen molar-refractivity contribution in [3.8, 4) is 17.2 Å². The number of hydrogen-bond donors (Lipinski definition) is 1. The van der Waals surface area contributed by atoms with Gasteiger partial charge in [0.05, 0.1) is 13.2 Å². The third-order valence-electron chi connectivity index (χ3n) is 3.93. The Labute approximate surface area is 147 Å². The monoisotopic (exact) mass is 341 g/mol. The van der Waals surface area contributed by atoms with Crippen LogP contribution in [0, 0.1) is 6.92 Å². The summed E-state index contributed by atoms with van der Waals surface area (Å²) in [5.41, 5.74) is 1.20. The lowest BCUT2D eigenvalue weighted by Crippen LogP contribution is -2.40. The van der Waals surface area contributed by atoms with E-state index in [4.69, 9.17) is 14.2 Å². The number of fused-ring (bicyclic) bond motifs is 1.